The summed E-state index contributed by atoms with van der Waals surface area (Å²) in [5, 5.41) is 2.72. The smallest absolute Gasteiger partial charge is 0.407 e. The third kappa shape index (κ3) is 3.93. The number of ether oxygens (including phenoxy) is 1. The van der Waals surface area contributed by atoms with E-state index in [0.717, 1.165) is 15.6 Å². The lowest BCUT2D eigenvalue weighted by atomic mass is 10.2. The van der Waals surface area contributed by atoms with Crippen LogP contribution in [-0.4, -0.2) is 32.8 Å². The van der Waals surface area contributed by atoms with Gasteiger partial charge in [-0.3, -0.25) is 0 Å². The SMILES string of the molecule is CC(C)(C)OC(=O)NCCn1cnc2cnc(Br)cc21. The second kappa shape index (κ2) is 5.78. The summed E-state index contributed by atoms with van der Waals surface area (Å²) in [7, 11) is 0. The van der Waals surface area contributed by atoms with E-state index < -0.39 is 11.7 Å². The van der Waals surface area contributed by atoms with Gasteiger partial charge in [0.15, 0.2) is 0 Å². The standard InChI is InChI=1S/C13H17BrN4O2/c1-13(2,3)20-12(19)15-4-5-18-8-17-9-7-16-11(14)6-10(9)18/h6-8H,4-5H2,1-3H3,(H,15,19). The van der Waals surface area contributed by atoms with Crippen LogP contribution in [0.5, 0.6) is 0 Å². The average molecular weight is 341 g/mol. The van der Waals surface area contributed by atoms with E-state index >= 15 is 0 Å². The molecule has 0 fully saturated rings. The summed E-state index contributed by atoms with van der Waals surface area (Å²) in [6.45, 7) is 6.59. The molecule has 108 valence electrons. The number of rotatable bonds is 3. The van der Waals surface area contributed by atoms with Gasteiger partial charge in [0.1, 0.15) is 15.7 Å². The fourth-order valence-electron chi connectivity index (χ4n) is 1.71. The number of imidazole rings is 1. The Labute approximate surface area is 125 Å². The van der Waals surface area contributed by atoms with Gasteiger partial charge in [0.2, 0.25) is 0 Å². The van der Waals surface area contributed by atoms with Crippen molar-refractivity contribution < 1.29 is 9.53 Å². The normalized spacial score (nSPS) is 11.6. The number of carbonyl (C=O) groups excluding carboxylic acids is 1. The molecule has 0 saturated heterocycles. The van der Waals surface area contributed by atoms with Crippen LogP contribution in [-0.2, 0) is 11.3 Å². The van der Waals surface area contributed by atoms with Crippen molar-refractivity contribution in [2.75, 3.05) is 6.54 Å². The van der Waals surface area contributed by atoms with Crippen molar-refractivity contribution in [3.8, 4) is 0 Å². The molecule has 0 bridgehead atoms. The van der Waals surface area contributed by atoms with Gasteiger partial charge < -0.3 is 14.6 Å². The van der Waals surface area contributed by atoms with Gasteiger partial charge in [-0.1, -0.05) is 0 Å². The fraction of sp³-hybridized carbons (Fsp3) is 0.462. The van der Waals surface area contributed by atoms with E-state index in [1.165, 1.54) is 0 Å². The van der Waals surface area contributed by atoms with Crippen LogP contribution in [0.1, 0.15) is 20.8 Å². The molecular formula is C13H17BrN4O2. The van der Waals surface area contributed by atoms with Gasteiger partial charge in [-0.2, -0.15) is 0 Å². The van der Waals surface area contributed by atoms with Gasteiger partial charge in [-0.15, -0.1) is 0 Å². The Morgan fingerprint density at radius 1 is 1.45 bits per heavy atom. The summed E-state index contributed by atoms with van der Waals surface area (Å²) in [6, 6.07) is 1.90. The summed E-state index contributed by atoms with van der Waals surface area (Å²) in [4.78, 5) is 19.9. The molecule has 0 aromatic carbocycles. The van der Waals surface area contributed by atoms with Gasteiger partial charge in [0.05, 0.1) is 18.0 Å². The Morgan fingerprint density at radius 3 is 2.90 bits per heavy atom. The largest absolute Gasteiger partial charge is 0.444 e. The first-order valence-electron chi connectivity index (χ1n) is 6.28. The number of nitrogens with one attached hydrogen (secondary N) is 1. The van der Waals surface area contributed by atoms with Crippen molar-refractivity contribution >= 4 is 33.1 Å². The average Bonchev–Trinajstić information content (AvgIpc) is 2.69. The van der Waals surface area contributed by atoms with E-state index in [1.807, 2.05) is 31.4 Å². The first kappa shape index (κ1) is 14.8. The Bertz CT molecular complexity index is 618. The molecule has 2 aromatic rings. The van der Waals surface area contributed by atoms with E-state index in [0.29, 0.717) is 13.1 Å². The van der Waals surface area contributed by atoms with E-state index in [1.54, 1.807) is 12.5 Å². The number of hydrogen-bond acceptors (Lipinski definition) is 4. The van der Waals surface area contributed by atoms with Crippen LogP contribution in [0.15, 0.2) is 23.2 Å². The number of nitrogens with zero attached hydrogens (tertiary/aromatic N) is 3. The van der Waals surface area contributed by atoms with Crippen molar-refractivity contribution in [2.45, 2.75) is 32.9 Å². The number of alkyl carbamates (subject to hydrolysis) is 1. The Kier molecular flexibility index (Phi) is 4.27. The molecule has 0 aliphatic rings. The van der Waals surface area contributed by atoms with E-state index in [-0.39, 0.29) is 0 Å². The Balaban J connectivity index is 1.93. The third-order valence-electron chi connectivity index (χ3n) is 2.49. The highest BCUT2D eigenvalue weighted by Gasteiger charge is 2.15. The molecule has 0 radical (unpaired) electrons. The van der Waals surface area contributed by atoms with E-state index in [9.17, 15) is 4.79 Å². The maximum absolute atomic E-state index is 11.5. The van der Waals surface area contributed by atoms with E-state index in [2.05, 4.69) is 31.2 Å². The molecule has 0 atom stereocenters. The topological polar surface area (TPSA) is 69.0 Å². The van der Waals surface area contributed by atoms with Crippen LogP contribution in [0.2, 0.25) is 0 Å². The van der Waals surface area contributed by atoms with Crippen LogP contribution in [0.25, 0.3) is 11.0 Å². The predicted molar refractivity (Wildman–Crippen MR) is 79.5 cm³/mol. The highest BCUT2D eigenvalue weighted by atomic mass is 79.9. The molecule has 1 amide bonds. The number of aromatic nitrogens is 3. The monoisotopic (exact) mass is 340 g/mol. The number of halogens is 1. The van der Waals surface area contributed by atoms with Crippen LogP contribution in [0, 0.1) is 0 Å². The first-order valence-corrected chi connectivity index (χ1v) is 7.08. The predicted octanol–water partition coefficient (Wildman–Crippen LogP) is 2.72. The molecule has 1 N–H and O–H groups in total. The lowest BCUT2D eigenvalue weighted by Gasteiger charge is -2.19. The Morgan fingerprint density at radius 2 is 2.20 bits per heavy atom. The van der Waals surface area contributed by atoms with Crippen molar-refractivity contribution in [3.63, 3.8) is 0 Å². The van der Waals surface area contributed by atoms with Gasteiger partial charge in [-0.25, -0.2) is 14.8 Å². The van der Waals surface area contributed by atoms with Gasteiger partial charge >= 0.3 is 6.09 Å². The van der Waals surface area contributed by atoms with Crippen LogP contribution < -0.4 is 5.32 Å². The third-order valence-corrected chi connectivity index (χ3v) is 2.93. The first-order chi connectivity index (χ1) is 9.35. The fourth-order valence-corrected chi connectivity index (χ4v) is 2.03. The maximum Gasteiger partial charge on any atom is 0.407 e. The minimum absolute atomic E-state index is 0.412. The zero-order chi connectivity index (χ0) is 14.8. The molecule has 20 heavy (non-hydrogen) atoms. The zero-order valence-corrected chi connectivity index (χ0v) is 13.3. The highest BCUT2D eigenvalue weighted by molar-refractivity contribution is 9.10. The second-order valence-electron chi connectivity index (χ2n) is 5.36. The summed E-state index contributed by atoms with van der Waals surface area (Å²) < 4.78 is 7.89. The molecule has 0 spiro atoms. The van der Waals surface area contributed by atoms with Crippen LogP contribution in [0.4, 0.5) is 4.79 Å². The molecule has 2 rings (SSSR count). The molecule has 6 nitrogen and oxygen atoms in total. The summed E-state index contributed by atoms with van der Waals surface area (Å²) in [5.74, 6) is 0. The summed E-state index contributed by atoms with van der Waals surface area (Å²) in [6.07, 6.45) is 3.03. The van der Waals surface area contributed by atoms with E-state index in [4.69, 9.17) is 4.74 Å². The number of carbonyl (C=O) groups is 1. The van der Waals surface area contributed by atoms with Crippen molar-refractivity contribution in [2.24, 2.45) is 0 Å². The maximum atomic E-state index is 11.5. The highest BCUT2D eigenvalue weighted by Crippen LogP contribution is 2.15. The molecule has 0 aliphatic heterocycles. The molecule has 2 heterocycles. The minimum atomic E-state index is -0.484. The molecule has 0 aliphatic carbocycles. The molecule has 0 unspecified atom stereocenters. The van der Waals surface area contributed by atoms with Gasteiger partial charge in [-0.05, 0) is 42.8 Å². The van der Waals surface area contributed by atoms with Crippen LogP contribution >= 0.6 is 15.9 Å². The molecular weight excluding hydrogens is 324 g/mol. The van der Waals surface area contributed by atoms with Gasteiger partial charge in [0.25, 0.3) is 0 Å². The van der Waals surface area contributed by atoms with Crippen molar-refractivity contribution in [3.05, 3.63) is 23.2 Å². The molecule has 0 saturated carbocycles. The number of pyridine rings is 1. The number of fused-ring (bicyclic) bond motifs is 1. The second-order valence-corrected chi connectivity index (χ2v) is 6.17. The Hall–Kier alpha value is -1.63. The van der Waals surface area contributed by atoms with Crippen LogP contribution in [0.3, 0.4) is 0 Å². The van der Waals surface area contributed by atoms with Crippen molar-refractivity contribution in [1.82, 2.24) is 19.9 Å². The lowest BCUT2D eigenvalue weighted by Crippen LogP contribution is -2.34. The molecule has 2 aromatic heterocycles. The van der Waals surface area contributed by atoms with Gasteiger partial charge in [0, 0.05) is 13.1 Å². The quantitative estimate of drug-likeness (QED) is 0.872. The lowest BCUT2D eigenvalue weighted by molar-refractivity contribution is 0.0526. The van der Waals surface area contributed by atoms with Crippen molar-refractivity contribution in [1.29, 1.82) is 0 Å². The summed E-state index contributed by atoms with van der Waals surface area (Å²) in [5.41, 5.74) is 1.31. The number of amides is 1. The summed E-state index contributed by atoms with van der Waals surface area (Å²) >= 11 is 3.33. The minimum Gasteiger partial charge on any atom is -0.444 e. The number of hydrogen-bond donors (Lipinski definition) is 1. The molecule has 7 heteroatoms. The zero-order valence-electron chi connectivity index (χ0n) is 11.7.